The highest BCUT2D eigenvalue weighted by molar-refractivity contribution is 6.05. The fourth-order valence-electron chi connectivity index (χ4n) is 4.13. The van der Waals surface area contributed by atoms with Crippen LogP contribution in [0.1, 0.15) is 43.1 Å². The minimum atomic E-state index is -0.559. The fourth-order valence-corrected chi connectivity index (χ4v) is 4.13. The first kappa shape index (κ1) is 21.5. The average molecular weight is 428 g/mol. The van der Waals surface area contributed by atoms with Crippen LogP contribution in [0.4, 0.5) is 0 Å². The number of hydrazine groups is 1. The molecule has 4 rings (SSSR count). The number of hydrogen-bond acceptors (Lipinski definition) is 6. The van der Waals surface area contributed by atoms with Crippen LogP contribution in [0.5, 0.6) is 0 Å². The van der Waals surface area contributed by atoms with E-state index in [2.05, 4.69) is 20.9 Å². The maximum absolute atomic E-state index is 12.9. The van der Waals surface area contributed by atoms with Crippen molar-refractivity contribution in [3.05, 3.63) is 40.3 Å². The molecule has 2 fully saturated rings. The zero-order valence-electron chi connectivity index (χ0n) is 17.8. The molecule has 9 nitrogen and oxygen atoms in total. The second-order valence-corrected chi connectivity index (χ2v) is 8.25. The summed E-state index contributed by atoms with van der Waals surface area (Å²) in [7, 11) is 0. The van der Waals surface area contributed by atoms with Crippen molar-refractivity contribution in [1.82, 2.24) is 25.5 Å². The van der Waals surface area contributed by atoms with Crippen molar-refractivity contribution in [2.45, 2.75) is 45.2 Å². The van der Waals surface area contributed by atoms with E-state index >= 15 is 0 Å². The number of amides is 2. The molecule has 2 aromatic rings. The highest BCUT2D eigenvalue weighted by Crippen LogP contribution is 2.28. The topological polar surface area (TPSA) is 106 Å². The maximum Gasteiger partial charge on any atom is 0.290 e. The van der Waals surface area contributed by atoms with Crippen molar-refractivity contribution in [3.63, 3.8) is 0 Å². The summed E-state index contributed by atoms with van der Waals surface area (Å²) in [5.74, 6) is -0.228. The summed E-state index contributed by atoms with van der Waals surface area (Å²) in [4.78, 5) is 40.4. The van der Waals surface area contributed by atoms with Crippen LogP contribution in [-0.4, -0.2) is 58.8 Å². The number of fused-ring (bicyclic) bond motifs is 1. The first-order valence-electron chi connectivity index (χ1n) is 11.0. The average Bonchev–Trinajstić information content (AvgIpc) is 2.76. The van der Waals surface area contributed by atoms with Gasteiger partial charge in [0, 0.05) is 25.0 Å². The van der Waals surface area contributed by atoms with E-state index in [1.807, 2.05) is 6.92 Å². The van der Waals surface area contributed by atoms with Crippen LogP contribution in [0.3, 0.4) is 0 Å². The van der Waals surface area contributed by atoms with E-state index in [-0.39, 0.29) is 17.2 Å². The van der Waals surface area contributed by atoms with Gasteiger partial charge in [0.25, 0.3) is 17.4 Å². The Kier molecular flexibility index (Phi) is 6.62. The minimum absolute atomic E-state index is 0.107. The lowest BCUT2D eigenvalue weighted by molar-refractivity contribution is -0.134. The lowest BCUT2D eigenvalue weighted by Gasteiger charge is -2.38. The number of carbonyl (C=O) groups excluding carboxylic acids is 2. The van der Waals surface area contributed by atoms with Crippen LogP contribution in [-0.2, 0) is 16.1 Å². The van der Waals surface area contributed by atoms with Gasteiger partial charge in [-0.15, -0.1) is 0 Å². The Morgan fingerprint density at radius 1 is 1.19 bits per heavy atom. The number of morpholine rings is 1. The van der Waals surface area contributed by atoms with E-state index in [9.17, 15) is 14.4 Å². The lowest BCUT2D eigenvalue weighted by atomic mass is 9.85. The molecule has 1 atom stereocenters. The van der Waals surface area contributed by atoms with Crippen LogP contribution in [0, 0.1) is 5.92 Å². The molecule has 31 heavy (non-hydrogen) atoms. The molecule has 0 spiro atoms. The predicted molar refractivity (Wildman–Crippen MR) is 115 cm³/mol. The number of aromatic nitrogens is 2. The van der Waals surface area contributed by atoms with Gasteiger partial charge in [0.15, 0.2) is 5.69 Å². The molecular formula is C22H29N5O4. The summed E-state index contributed by atoms with van der Waals surface area (Å²) >= 11 is 0. The van der Waals surface area contributed by atoms with Crippen LogP contribution in [0.2, 0.25) is 0 Å². The van der Waals surface area contributed by atoms with Crippen molar-refractivity contribution < 1.29 is 14.3 Å². The van der Waals surface area contributed by atoms with Gasteiger partial charge in [-0.1, -0.05) is 31.5 Å². The van der Waals surface area contributed by atoms with E-state index < -0.39 is 11.9 Å². The Morgan fingerprint density at radius 2 is 1.97 bits per heavy atom. The molecule has 166 valence electrons. The second-order valence-electron chi connectivity index (χ2n) is 8.25. The molecule has 2 heterocycles. The summed E-state index contributed by atoms with van der Waals surface area (Å²) in [5, 5.41) is 5.14. The summed E-state index contributed by atoms with van der Waals surface area (Å²) < 4.78 is 6.81. The summed E-state index contributed by atoms with van der Waals surface area (Å²) in [6.07, 6.45) is 4.37. The van der Waals surface area contributed by atoms with E-state index in [4.69, 9.17) is 4.74 Å². The predicted octanol–water partition coefficient (Wildman–Crippen LogP) is 1.07. The maximum atomic E-state index is 12.9. The zero-order chi connectivity index (χ0) is 21.8. The summed E-state index contributed by atoms with van der Waals surface area (Å²) in [6.45, 7) is 4.84. The smallest absolute Gasteiger partial charge is 0.290 e. The molecule has 1 saturated heterocycles. The molecule has 1 saturated carbocycles. The van der Waals surface area contributed by atoms with Crippen LogP contribution >= 0.6 is 0 Å². The number of ether oxygens (including phenoxy) is 1. The Hall–Kier alpha value is -2.78. The van der Waals surface area contributed by atoms with Crippen molar-refractivity contribution in [3.8, 4) is 0 Å². The van der Waals surface area contributed by atoms with E-state index in [1.165, 1.54) is 23.9 Å². The first-order chi connectivity index (χ1) is 15.1. The molecule has 9 heteroatoms. The quantitative estimate of drug-likeness (QED) is 0.668. The van der Waals surface area contributed by atoms with Gasteiger partial charge in [0.05, 0.1) is 18.6 Å². The van der Waals surface area contributed by atoms with Gasteiger partial charge in [0.1, 0.15) is 6.04 Å². The Balaban J connectivity index is 1.48. The number of nitrogens with one attached hydrogen (secondary N) is 2. The third-order valence-corrected chi connectivity index (χ3v) is 6.08. The molecule has 2 aliphatic rings. The Morgan fingerprint density at radius 3 is 2.68 bits per heavy atom. The number of nitrogens with zero attached hydrogens (tertiary/aromatic N) is 3. The SMILES string of the molecule is CCCn1nc(C(=O)NNC(=O)[C@H]2COCCN2CC2CCC2)c2ccccc2c1=O. The molecule has 0 unspecified atom stereocenters. The summed E-state index contributed by atoms with van der Waals surface area (Å²) in [6, 6.07) is 6.43. The number of hydrogen-bond donors (Lipinski definition) is 2. The van der Waals surface area contributed by atoms with Crippen molar-refractivity contribution >= 4 is 22.6 Å². The van der Waals surface area contributed by atoms with E-state index in [0.717, 1.165) is 6.54 Å². The number of benzene rings is 1. The molecule has 2 amide bonds. The van der Waals surface area contributed by atoms with Crippen molar-refractivity contribution in [1.29, 1.82) is 0 Å². The van der Waals surface area contributed by atoms with Gasteiger partial charge in [-0.25, -0.2) is 4.68 Å². The molecule has 1 aliphatic heterocycles. The minimum Gasteiger partial charge on any atom is -0.378 e. The number of aryl methyl sites for hydroxylation is 1. The largest absolute Gasteiger partial charge is 0.378 e. The van der Waals surface area contributed by atoms with Gasteiger partial charge in [-0.3, -0.25) is 30.1 Å². The second kappa shape index (κ2) is 9.57. The third-order valence-electron chi connectivity index (χ3n) is 6.08. The molecule has 0 radical (unpaired) electrons. The zero-order valence-corrected chi connectivity index (χ0v) is 17.8. The first-order valence-corrected chi connectivity index (χ1v) is 11.0. The molecule has 0 bridgehead atoms. The lowest BCUT2D eigenvalue weighted by Crippen LogP contribution is -2.58. The van der Waals surface area contributed by atoms with E-state index in [1.54, 1.807) is 24.3 Å². The summed E-state index contributed by atoms with van der Waals surface area (Å²) in [5.41, 5.74) is 4.89. The molecular weight excluding hydrogens is 398 g/mol. The Labute approximate surface area is 180 Å². The van der Waals surface area contributed by atoms with Gasteiger partial charge in [-0.2, -0.15) is 5.10 Å². The number of carbonyl (C=O) groups is 2. The van der Waals surface area contributed by atoms with Gasteiger partial charge in [0.2, 0.25) is 0 Å². The van der Waals surface area contributed by atoms with Gasteiger partial charge < -0.3 is 4.74 Å². The molecule has 1 aromatic carbocycles. The molecule has 1 aliphatic carbocycles. The van der Waals surface area contributed by atoms with Crippen LogP contribution in [0.15, 0.2) is 29.1 Å². The molecule has 1 aromatic heterocycles. The molecule has 2 N–H and O–H groups in total. The normalized spacial score (nSPS) is 19.7. The highest BCUT2D eigenvalue weighted by atomic mass is 16.5. The van der Waals surface area contributed by atoms with Gasteiger partial charge >= 0.3 is 0 Å². The Bertz CT molecular complexity index is 1020. The van der Waals surface area contributed by atoms with Crippen LogP contribution in [0.25, 0.3) is 10.8 Å². The van der Waals surface area contributed by atoms with Crippen LogP contribution < -0.4 is 16.4 Å². The fraction of sp³-hybridized carbons (Fsp3) is 0.545. The highest BCUT2D eigenvalue weighted by Gasteiger charge is 2.32. The third kappa shape index (κ3) is 4.62. The van der Waals surface area contributed by atoms with Gasteiger partial charge in [-0.05, 0) is 31.2 Å². The van der Waals surface area contributed by atoms with Crippen molar-refractivity contribution in [2.24, 2.45) is 5.92 Å². The number of rotatable bonds is 6. The van der Waals surface area contributed by atoms with Crippen molar-refractivity contribution in [2.75, 3.05) is 26.3 Å². The van der Waals surface area contributed by atoms with E-state index in [0.29, 0.717) is 49.4 Å². The monoisotopic (exact) mass is 427 g/mol. The standard InChI is InChI=1S/C22H29N5O4/c1-2-10-27-22(30)17-9-4-3-8-16(17)19(25-27)21(29)24-23-20(28)18-14-31-12-11-26(18)13-15-6-5-7-15/h3-4,8-9,15,18H,2,5-7,10-14H2,1H3,(H,23,28)(H,24,29)/t18-/m1/s1.